The van der Waals surface area contributed by atoms with E-state index in [9.17, 15) is 4.79 Å². The van der Waals surface area contributed by atoms with Crippen LogP contribution in [0.2, 0.25) is 0 Å². The average molecular weight is 443 g/mol. The Bertz CT molecular complexity index is 890. The molecular weight excluding hydrogens is 424 g/mol. The molecule has 0 unspecified atom stereocenters. The minimum absolute atomic E-state index is 0.253. The molecule has 27 heavy (non-hydrogen) atoms. The summed E-state index contributed by atoms with van der Waals surface area (Å²) in [6, 6.07) is 19.1. The third-order valence-corrected chi connectivity index (χ3v) is 4.71. The first kappa shape index (κ1) is 19.3. The second kappa shape index (κ2) is 9.43. The molecule has 0 atom stereocenters. The van der Waals surface area contributed by atoms with Crippen molar-refractivity contribution in [1.82, 2.24) is 10.3 Å². The lowest BCUT2D eigenvalue weighted by atomic mass is 10.2. The van der Waals surface area contributed by atoms with Crippen molar-refractivity contribution in [3.8, 4) is 0 Å². The van der Waals surface area contributed by atoms with Crippen molar-refractivity contribution in [3.05, 3.63) is 88.7 Å². The van der Waals surface area contributed by atoms with Crippen LogP contribution in [0.3, 0.4) is 0 Å². The first-order valence-electron chi connectivity index (χ1n) is 8.35. The van der Waals surface area contributed by atoms with Crippen molar-refractivity contribution in [1.29, 1.82) is 0 Å². The monoisotopic (exact) mass is 442 g/mol. The van der Waals surface area contributed by atoms with Gasteiger partial charge in [0.15, 0.2) is 0 Å². The zero-order chi connectivity index (χ0) is 19.1. The van der Waals surface area contributed by atoms with E-state index < -0.39 is 0 Å². The number of nitrogens with zero attached hydrogens (tertiary/aromatic N) is 2. The summed E-state index contributed by atoms with van der Waals surface area (Å²) in [5.41, 5.74) is 3.81. The van der Waals surface area contributed by atoms with Gasteiger partial charge >= 0.3 is 6.03 Å². The van der Waals surface area contributed by atoms with Crippen molar-refractivity contribution in [2.45, 2.75) is 13.1 Å². The Hall–Kier alpha value is -2.51. The van der Waals surface area contributed by atoms with Crippen LogP contribution in [0.5, 0.6) is 0 Å². The Kier molecular flexibility index (Phi) is 6.73. The minimum Gasteiger partial charge on any atom is -0.334 e. The largest absolute Gasteiger partial charge is 0.334 e. The zero-order valence-corrected chi connectivity index (χ0v) is 17.0. The van der Waals surface area contributed by atoms with E-state index in [2.05, 4.69) is 56.5 Å². The number of halogens is 1. The minimum atomic E-state index is -0.253. The molecule has 0 aliphatic heterocycles. The standard InChI is InChI=1S/C20H19BrN4OS/c21-17-3-1-2-16(12-17)14-25(27)19-6-4-18(5-7-19)24-20(26)23-13-15-8-10-22-11-9-15/h1-12,27H,13-14H2,(H2,23,24,26). The number of hydrogen-bond donors (Lipinski definition) is 3. The number of anilines is 2. The second-order valence-electron chi connectivity index (χ2n) is 5.90. The Morgan fingerprint density at radius 2 is 1.78 bits per heavy atom. The Balaban J connectivity index is 1.52. The van der Waals surface area contributed by atoms with Crippen molar-refractivity contribution in [3.63, 3.8) is 0 Å². The molecule has 0 saturated heterocycles. The van der Waals surface area contributed by atoms with Gasteiger partial charge in [0, 0.05) is 34.8 Å². The molecule has 0 aliphatic rings. The van der Waals surface area contributed by atoms with Gasteiger partial charge < -0.3 is 14.9 Å². The third-order valence-electron chi connectivity index (χ3n) is 3.85. The molecule has 138 valence electrons. The van der Waals surface area contributed by atoms with Gasteiger partial charge in [0.1, 0.15) is 0 Å². The molecule has 0 saturated carbocycles. The zero-order valence-electron chi connectivity index (χ0n) is 14.5. The molecule has 3 aromatic rings. The SMILES string of the molecule is O=C(NCc1ccncc1)Nc1ccc(N(S)Cc2cccc(Br)c2)cc1. The van der Waals surface area contributed by atoms with Gasteiger partial charge in [0.2, 0.25) is 0 Å². The van der Waals surface area contributed by atoms with Crippen LogP contribution in [0.4, 0.5) is 16.2 Å². The van der Waals surface area contributed by atoms with E-state index in [-0.39, 0.29) is 6.03 Å². The summed E-state index contributed by atoms with van der Waals surface area (Å²) in [7, 11) is 0. The maximum atomic E-state index is 12.0. The number of pyridine rings is 1. The summed E-state index contributed by atoms with van der Waals surface area (Å²) in [6.45, 7) is 1.12. The first-order valence-corrected chi connectivity index (χ1v) is 9.54. The van der Waals surface area contributed by atoms with E-state index in [0.29, 0.717) is 13.1 Å². The quantitative estimate of drug-likeness (QED) is 0.469. The normalized spacial score (nSPS) is 10.3. The van der Waals surface area contributed by atoms with Gasteiger partial charge in [-0.1, -0.05) is 40.9 Å². The van der Waals surface area contributed by atoms with Crippen LogP contribution in [0, 0.1) is 0 Å². The molecule has 5 nitrogen and oxygen atoms in total. The highest BCUT2D eigenvalue weighted by Gasteiger charge is 2.06. The Morgan fingerprint density at radius 3 is 2.48 bits per heavy atom. The summed E-state index contributed by atoms with van der Waals surface area (Å²) in [5.74, 6) is 0. The molecule has 2 N–H and O–H groups in total. The number of hydrogen-bond acceptors (Lipinski definition) is 4. The van der Waals surface area contributed by atoms with Crippen LogP contribution in [0.25, 0.3) is 0 Å². The number of benzene rings is 2. The van der Waals surface area contributed by atoms with Crippen molar-refractivity contribution in [2.24, 2.45) is 0 Å². The van der Waals surface area contributed by atoms with Gasteiger partial charge in [0.25, 0.3) is 0 Å². The molecule has 2 aromatic carbocycles. The van der Waals surface area contributed by atoms with Gasteiger partial charge in [-0.05, 0) is 59.7 Å². The average Bonchev–Trinajstić information content (AvgIpc) is 2.68. The highest BCUT2D eigenvalue weighted by atomic mass is 79.9. The number of carbonyl (C=O) groups excluding carboxylic acids is 1. The molecule has 7 heteroatoms. The first-order chi connectivity index (χ1) is 13.1. The lowest BCUT2D eigenvalue weighted by Crippen LogP contribution is -2.28. The maximum absolute atomic E-state index is 12.0. The highest BCUT2D eigenvalue weighted by Crippen LogP contribution is 2.22. The maximum Gasteiger partial charge on any atom is 0.319 e. The topological polar surface area (TPSA) is 57.3 Å². The summed E-state index contributed by atoms with van der Waals surface area (Å²) in [4.78, 5) is 16.0. The number of amides is 2. The van der Waals surface area contributed by atoms with Crippen LogP contribution < -0.4 is 14.9 Å². The predicted molar refractivity (Wildman–Crippen MR) is 116 cm³/mol. The number of nitrogens with one attached hydrogen (secondary N) is 2. The van der Waals surface area contributed by atoms with E-state index in [1.54, 1.807) is 12.4 Å². The number of carbonyl (C=O) groups is 1. The molecule has 0 bridgehead atoms. The fraction of sp³-hybridized carbons (Fsp3) is 0.100. The van der Waals surface area contributed by atoms with E-state index in [4.69, 9.17) is 0 Å². The van der Waals surface area contributed by atoms with Crippen LogP contribution in [-0.4, -0.2) is 11.0 Å². The summed E-state index contributed by atoms with van der Waals surface area (Å²) in [6.07, 6.45) is 3.40. The van der Waals surface area contributed by atoms with Crippen LogP contribution >= 0.6 is 28.7 Å². The van der Waals surface area contributed by atoms with Crippen molar-refractivity contribution >= 4 is 46.2 Å². The van der Waals surface area contributed by atoms with Gasteiger partial charge in [-0.25, -0.2) is 4.79 Å². The molecule has 1 aromatic heterocycles. The van der Waals surface area contributed by atoms with E-state index >= 15 is 0 Å². The van der Waals surface area contributed by atoms with Gasteiger partial charge in [-0.3, -0.25) is 4.98 Å². The lowest BCUT2D eigenvalue weighted by Gasteiger charge is -2.18. The third kappa shape index (κ3) is 6.01. The molecule has 0 aliphatic carbocycles. The number of rotatable bonds is 6. The van der Waals surface area contributed by atoms with Crippen LogP contribution in [-0.2, 0) is 13.1 Å². The van der Waals surface area contributed by atoms with Crippen LogP contribution in [0.15, 0.2) is 77.5 Å². The van der Waals surface area contributed by atoms with Gasteiger partial charge in [0.05, 0.1) is 6.54 Å². The molecule has 2 amide bonds. The van der Waals surface area contributed by atoms with E-state index in [0.717, 1.165) is 27.0 Å². The fourth-order valence-corrected chi connectivity index (χ4v) is 3.22. The molecule has 3 rings (SSSR count). The number of thiol groups is 1. The Labute approximate surface area is 172 Å². The second-order valence-corrected chi connectivity index (χ2v) is 7.30. The molecule has 0 spiro atoms. The molecular formula is C20H19BrN4OS. The fourth-order valence-electron chi connectivity index (χ4n) is 2.47. The lowest BCUT2D eigenvalue weighted by molar-refractivity contribution is 0.251. The summed E-state index contributed by atoms with van der Waals surface area (Å²) < 4.78 is 2.90. The summed E-state index contributed by atoms with van der Waals surface area (Å²) >= 11 is 8.03. The van der Waals surface area contributed by atoms with E-state index in [1.165, 1.54) is 0 Å². The smallest absolute Gasteiger partial charge is 0.319 e. The Morgan fingerprint density at radius 1 is 1.04 bits per heavy atom. The number of urea groups is 1. The molecule has 0 fully saturated rings. The van der Waals surface area contributed by atoms with Gasteiger partial charge in [-0.15, -0.1) is 0 Å². The summed E-state index contributed by atoms with van der Waals surface area (Å²) in [5, 5.41) is 5.64. The van der Waals surface area contributed by atoms with Crippen molar-refractivity contribution in [2.75, 3.05) is 9.62 Å². The van der Waals surface area contributed by atoms with Crippen molar-refractivity contribution < 1.29 is 4.79 Å². The van der Waals surface area contributed by atoms with E-state index in [1.807, 2.05) is 52.8 Å². The predicted octanol–water partition coefficient (Wildman–Crippen LogP) is 5.02. The molecule has 1 heterocycles. The highest BCUT2D eigenvalue weighted by molar-refractivity contribution is 9.10. The molecule has 0 radical (unpaired) electrons. The van der Waals surface area contributed by atoms with Crippen LogP contribution in [0.1, 0.15) is 11.1 Å². The van der Waals surface area contributed by atoms with Gasteiger partial charge in [-0.2, -0.15) is 0 Å². The number of aromatic nitrogens is 1.